The van der Waals surface area contributed by atoms with Crippen LogP contribution in [0.3, 0.4) is 0 Å². The number of hydrogen-bond donors (Lipinski definition) is 1. The zero-order valence-corrected chi connectivity index (χ0v) is 11.6. The average molecular weight is 303 g/mol. The second-order valence-electron chi connectivity index (χ2n) is 3.61. The minimum Gasteiger partial charge on any atom is -0.455 e. The van der Waals surface area contributed by atoms with Gasteiger partial charge in [0.25, 0.3) is 0 Å². The van der Waals surface area contributed by atoms with E-state index < -0.39 is 0 Å². The molecule has 0 aromatic heterocycles. The predicted octanol–water partition coefficient (Wildman–Crippen LogP) is 4.90. The molecule has 0 aliphatic rings. The van der Waals surface area contributed by atoms with E-state index in [1.165, 1.54) is 0 Å². The molecule has 0 bridgehead atoms. The van der Waals surface area contributed by atoms with Gasteiger partial charge in [0.2, 0.25) is 0 Å². The van der Waals surface area contributed by atoms with E-state index >= 15 is 0 Å². The lowest BCUT2D eigenvalue weighted by molar-refractivity contribution is 0.477. The summed E-state index contributed by atoms with van der Waals surface area (Å²) < 4.78 is 5.71. The van der Waals surface area contributed by atoms with Gasteiger partial charge in [0, 0.05) is 17.1 Å². The van der Waals surface area contributed by atoms with Crippen LogP contribution in [0.5, 0.6) is 11.5 Å². The van der Waals surface area contributed by atoms with Crippen LogP contribution in [0.2, 0.25) is 15.1 Å². The van der Waals surface area contributed by atoms with Gasteiger partial charge in [-0.3, -0.25) is 0 Å². The lowest BCUT2D eigenvalue weighted by Gasteiger charge is -2.12. The quantitative estimate of drug-likeness (QED) is 0.875. The van der Waals surface area contributed by atoms with E-state index in [-0.39, 0.29) is 0 Å². The van der Waals surface area contributed by atoms with Crippen LogP contribution < -0.4 is 10.5 Å². The number of ether oxygens (including phenoxy) is 1. The van der Waals surface area contributed by atoms with Gasteiger partial charge in [-0.1, -0.05) is 46.9 Å². The summed E-state index contributed by atoms with van der Waals surface area (Å²) in [6.45, 7) is 0.352. The van der Waals surface area contributed by atoms with E-state index in [0.717, 1.165) is 5.56 Å². The molecule has 0 unspecified atom stereocenters. The van der Waals surface area contributed by atoms with Crippen molar-refractivity contribution < 1.29 is 4.74 Å². The number of rotatable bonds is 3. The van der Waals surface area contributed by atoms with Gasteiger partial charge in [0.15, 0.2) is 0 Å². The molecule has 2 nitrogen and oxygen atoms in total. The highest BCUT2D eigenvalue weighted by molar-refractivity contribution is 6.42. The summed E-state index contributed by atoms with van der Waals surface area (Å²) >= 11 is 17.9. The van der Waals surface area contributed by atoms with Crippen LogP contribution >= 0.6 is 34.8 Å². The molecule has 0 saturated heterocycles. The van der Waals surface area contributed by atoms with Crippen LogP contribution in [0.25, 0.3) is 0 Å². The third-order valence-electron chi connectivity index (χ3n) is 2.39. The fraction of sp³-hybridized carbons (Fsp3) is 0.0769. The average Bonchev–Trinajstić information content (AvgIpc) is 2.35. The molecular weight excluding hydrogens is 293 g/mol. The van der Waals surface area contributed by atoms with Crippen LogP contribution in [-0.2, 0) is 6.54 Å². The standard InChI is InChI=1S/C13H10Cl3NO/c14-9-5-4-8(7-17)12(6-9)18-11-3-1-2-10(15)13(11)16/h1-6H,7,17H2. The van der Waals surface area contributed by atoms with E-state index in [4.69, 9.17) is 45.3 Å². The van der Waals surface area contributed by atoms with Crippen LogP contribution in [0, 0.1) is 0 Å². The summed E-state index contributed by atoms with van der Waals surface area (Å²) in [4.78, 5) is 0. The van der Waals surface area contributed by atoms with E-state index in [9.17, 15) is 0 Å². The van der Waals surface area contributed by atoms with E-state index in [1.54, 1.807) is 30.3 Å². The molecule has 5 heteroatoms. The molecule has 0 aliphatic carbocycles. The number of nitrogens with two attached hydrogens (primary N) is 1. The fourth-order valence-electron chi connectivity index (χ4n) is 1.47. The van der Waals surface area contributed by atoms with Gasteiger partial charge in [0.05, 0.1) is 5.02 Å². The molecule has 0 atom stereocenters. The predicted molar refractivity (Wildman–Crippen MR) is 75.9 cm³/mol. The maximum Gasteiger partial charge on any atom is 0.147 e. The SMILES string of the molecule is NCc1ccc(Cl)cc1Oc1cccc(Cl)c1Cl. The maximum absolute atomic E-state index is 6.06. The van der Waals surface area contributed by atoms with Crippen molar-refractivity contribution >= 4 is 34.8 Å². The van der Waals surface area contributed by atoms with Crippen LogP contribution in [-0.4, -0.2) is 0 Å². The van der Waals surface area contributed by atoms with Crippen molar-refractivity contribution in [3.8, 4) is 11.5 Å². The summed E-state index contributed by atoms with van der Waals surface area (Å²) in [5.41, 5.74) is 6.48. The summed E-state index contributed by atoms with van der Waals surface area (Å²) in [7, 11) is 0. The summed E-state index contributed by atoms with van der Waals surface area (Å²) in [5, 5.41) is 1.37. The van der Waals surface area contributed by atoms with Gasteiger partial charge in [0.1, 0.15) is 16.5 Å². The maximum atomic E-state index is 6.06. The first-order valence-corrected chi connectivity index (χ1v) is 6.35. The molecule has 2 aromatic carbocycles. The Labute approximate surface area is 120 Å². The van der Waals surface area contributed by atoms with Crippen molar-refractivity contribution in [2.24, 2.45) is 5.73 Å². The van der Waals surface area contributed by atoms with Crippen LogP contribution in [0.4, 0.5) is 0 Å². The first kappa shape index (κ1) is 13.5. The van der Waals surface area contributed by atoms with Gasteiger partial charge in [-0.25, -0.2) is 0 Å². The molecule has 94 valence electrons. The zero-order chi connectivity index (χ0) is 13.1. The van der Waals surface area contributed by atoms with Crippen molar-refractivity contribution in [1.29, 1.82) is 0 Å². The number of hydrogen-bond acceptors (Lipinski definition) is 2. The third-order valence-corrected chi connectivity index (χ3v) is 3.42. The van der Waals surface area contributed by atoms with E-state index in [1.807, 2.05) is 6.07 Å². The Kier molecular flexibility index (Phi) is 4.36. The largest absolute Gasteiger partial charge is 0.455 e. The first-order chi connectivity index (χ1) is 8.61. The van der Waals surface area contributed by atoms with Crippen molar-refractivity contribution in [2.45, 2.75) is 6.54 Å². The summed E-state index contributed by atoms with van der Waals surface area (Å²) in [5.74, 6) is 1.05. The molecule has 0 saturated carbocycles. The number of benzene rings is 2. The Bertz CT molecular complexity index is 572. The second-order valence-corrected chi connectivity index (χ2v) is 4.83. The molecule has 0 radical (unpaired) electrons. The monoisotopic (exact) mass is 301 g/mol. The van der Waals surface area contributed by atoms with E-state index in [0.29, 0.717) is 33.1 Å². The van der Waals surface area contributed by atoms with Crippen LogP contribution in [0.15, 0.2) is 36.4 Å². The Morgan fingerprint density at radius 2 is 1.78 bits per heavy atom. The molecule has 2 N–H and O–H groups in total. The molecule has 18 heavy (non-hydrogen) atoms. The molecule has 0 spiro atoms. The Balaban J connectivity index is 2.39. The minimum absolute atomic E-state index is 0.352. The van der Waals surface area contributed by atoms with Crippen molar-refractivity contribution in [2.75, 3.05) is 0 Å². The Morgan fingerprint density at radius 1 is 1.00 bits per heavy atom. The Morgan fingerprint density at radius 3 is 2.50 bits per heavy atom. The second kappa shape index (κ2) is 5.81. The molecule has 0 aliphatic heterocycles. The third kappa shape index (κ3) is 2.90. The molecule has 0 fully saturated rings. The van der Waals surface area contributed by atoms with Gasteiger partial charge in [-0.05, 0) is 24.3 Å². The Hall–Kier alpha value is -0.930. The van der Waals surface area contributed by atoms with E-state index in [2.05, 4.69) is 0 Å². The molecule has 2 aromatic rings. The van der Waals surface area contributed by atoms with Gasteiger partial charge in [-0.15, -0.1) is 0 Å². The number of halogens is 3. The highest BCUT2D eigenvalue weighted by atomic mass is 35.5. The molecular formula is C13H10Cl3NO. The highest BCUT2D eigenvalue weighted by Gasteiger charge is 2.09. The lowest BCUT2D eigenvalue weighted by Crippen LogP contribution is -1.99. The zero-order valence-electron chi connectivity index (χ0n) is 9.29. The minimum atomic E-state index is 0.352. The lowest BCUT2D eigenvalue weighted by atomic mass is 10.2. The molecule has 2 rings (SSSR count). The first-order valence-electron chi connectivity index (χ1n) is 5.22. The van der Waals surface area contributed by atoms with Crippen molar-refractivity contribution in [3.05, 3.63) is 57.0 Å². The topological polar surface area (TPSA) is 35.2 Å². The summed E-state index contributed by atoms with van der Waals surface area (Å²) in [6.07, 6.45) is 0. The highest BCUT2D eigenvalue weighted by Crippen LogP contribution is 2.36. The van der Waals surface area contributed by atoms with Gasteiger partial charge in [-0.2, -0.15) is 0 Å². The summed E-state index contributed by atoms with van der Waals surface area (Å²) in [6, 6.07) is 10.5. The smallest absolute Gasteiger partial charge is 0.147 e. The van der Waals surface area contributed by atoms with Gasteiger partial charge < -0.3 is 10.5 Å². The van der Waals surface area contributed by atoms with Gasteiger partial charge >= 0.3 is 0 Å². The normalized spacial score (nSPS) is 10.4. The van der Waals surface area contributed by atoms with Crippen molar-refractivity contribution in [3.63, 3.8) is 0 Å². The van der Waals surface area contributed by atoms with Crippen molar-refractivity contribution in [1.82, 2.24) is 0 Å². The molecule has 0 amide bonds. The fourth-order valence-corrected chi connectivity index (χ4v) is 1.97. The molecule has 0 heterocycles. The van der Waals surface area contributed by atoms with Crippen LogP contribution in [0.1, 0.15) is 5.56 Å².